The van der Waals surface area contributed by atoms with Crippen molar-refractivity contribution >= 4 is 29.2 Å². The van der Waals surface area contributed by atoms with Crippen molar-refractivity contribution in [3.05, 3.63) is 34.9 Å². The Morgan fingerprint density at radius 3 is 2.57 bits per heavy atom. The molecule has 21 heavy (non-hydrogen) atoms. The van der Waals surface area contributed by atoms with Gasteiger partial charge < -0.3 is 10.6 Å². The summed E-state index contributed by atoms with van der Waals surface area (Å²) >= 11 is 5.81. The number of nitrogens with one attached hydrogen (secondary N) is 2. The van der Waals surface area contributed by atoms with Gasteiger partial charge in [-0.1, -0.05) is 23.7 Å². The minimum atomic E-state index is -0.309. The summed E-state index contributed by atoms with van der Waals surface area (Å²) in [7, 11) is 0. The third kappa shape index (κ3) is 5.55. The molecule has 0 unspecified atom stereocenters. The molecule has 1 aromatic carbocycles. The van der Waals surface area contributed by atoms with E-state index in [2.05, 4.69) is 10.6 Å². The van der Waals surface area contributed by atoms with Crippen LogP contribution in [0.5, 0.6) is 0 Å². The molecule has 0 spiro atoms. The van der Waals surface area contributed by atoms with Crippen LogP contribution in [0.15, 0.2) is 24.3 Å². The molecule has 1 aliphatic rings. The fourth-order valence-electron chi connectivity index (χ4n) is 1.81. The molecule has 0 atom stereocenters. The number of ketones is 1. The van der Waals surface area contributed by atoms with Gasteiger partial charge in [0.2, 0.25) is 11.8 Å². The van der Waals surface area contributed by atoms with E-state index in [1.54, 1.807) is 24.3 Å². The van der Waals surface area contributed by atoms with Crippen molar-refractivity contribution in [2.45, 2.75) is 31.7 Å². The van der Waals surface area contributed by atoms with Gasteiger partial charge >= 0.3 is 0 Å². The number of halogens is 1. The number of hydrogen-bond donors (Lipinski definition) is 2. The lowest BCUT2D eigenvalue weighted by Crippen LogP contribution is -2.37. The summed E-state index contributed by atoms with van der Waals surface area (Å²) in [6.45, 7) is -0.0410. The van der Waals surface area contributed by atoms with Gasteiger partial charge in [0.25, 0.3) is 0 Å². The molecule has 2 amide bonds. The Morgan fingerprint density at radius 2 is 1.90 bits per heavy atom. The lowest BCUT2D eigenvalue weighted by atomic mass is 10.1. The van der Waals surface area contributed by atoms with Gasteiger partial charge in [-0.05, 0) is 25.0 Å². The van der Waals surface area contributed by atoms with Gasteiger partial charge in [0.15, 0.2) is 5.78 Å². The third-order valence-corrected chi connectivity index (χ3v) is 3.35. The molecular weight excluding hydrogens is 292 g/mol. The van der Waals surface area contributed by atoms with Crippen LogP contribution in [0.1, 0.15) is 36.0 Å². The highest BCUT2D eigenvalue weighted by Gasteiger charge is 2.23. The number of rotatable bonds is 7. The zero-order chi connectivity index (χ0) is 15.2. The summed E-state index contributed by atoms with van der Waals surface area (Å²) in [5.74, 6) is -0.640. The van der Waals surface area contributed by atoms with Crippen molar-refractivity contribution in [2.24, 2.45) is 0 Å². The van der Waals surface area contributed by atoms with Crippen LogP contribution in [0, 0.1) is 0 Å². The Kier molecular flexibility index (Phi) is 5.33. The molecule has 1 fully saturated rings. The Bertz CT molecular complexity index is 556. The summed E-state index contributed by atoms with van der Waals surface area (Å²) in [5, 5.41) is 5.76. The van der Waals surface area contributed by atoms with E-state index < -0.39 is 0 Å². The SMILES string of the molecule is O=C(CCC(=O)c1cccc(Cl)c1)NCC(=O)NC1CC1. The van der Waals surface area contributed by atoms with Crippen molar-refractivity contribution in [3.63, 3.8) is 0 Å². The molecule has 1 aromatic rings. The summed E-state index contributed by atoms with van der Waals surface area (Å²) in [4.78, 5) is 34.8. The van der Waals surface area contributed by atoms with Crippen LogP contribution in [0.2, 0.25) is 5.02 Å². The second-order valence-electron chi connectivity index (χ2n) is 5.05. The van der Waals surface area contributed by atoms with Crippen LogP contribution in [0.25, 0.3) is 0 Å². The quantitative estimate of drug-likeness (QED) is 0.753. The fraction of sp³-hybridized carbons (Fsp3) is 0.400. The van der Waals surface area contributed by atoms with Crippen LogP contribution >= 0.6 is 11.6 Å². The zero-order valence-corrected chi connectivity index (χ0v) is 12.3. The van der Waals surface area contributed by atoms with E-state index >= 15 is 0 Å². The molecule has 0 aliphatic heterocycles. The molecule has 0 bridgehead atoms. The summed E-state index contributed by atoms with van der Waals surface area (Å²) in [5.41, 5.74) is 0.488. The average Bonchev–Trinajstić information content (AvgIpc) is 3.26. The highest BCUT2D eigenvalue weighted by molar-refractivity contribution is 6.31. The van der Waals surface area contributed by atoms with E-state index in [0.29, 0.717) is 10.6 Å². The maximum atomic E-state index is 11.9. The first-order chi connectivity index (χ1) is 10.0. The minimum absolute atomic E-state index is 0.0410. The molecule has 1 saturated carbocycles. The van der Waals surface area contributed by atoms with Crippen LogP contribution < -0.4 is 10.6 Å². The third-order valence-electron chi connectivity index (χ3n) is 3.11. The normalized spacial score (nSPS) is 13.6. The highest BCUT2D eigenvalue weighted by atomic mass is 35.5. The van der Waals surface area contributed by atoms with Crippen molar-refractivity contribution in [1.29, 1.82) is 0 Å². The van der Waals surface area contributed by atoms with Crippen molar-refractivity contribution in [1.82, 2.24) is 10.6 Å². The van der Waals surface area contributed by atoms with Crippen LogP contribution in [-0.4, -0.2) is 30.2 Å². The molecule has 2 N–H and O–H groups in total. The van der Waals surface area contributed by atoms with Crippen molar-refractivity contribution in [2.75, 3.05) is 6.54 Å². The van der Waals surface area contributed by atoms with Gasteiger partial charge in [0.1, 0.15) is 0 Å². The standard InChI is InChI=1S/C15H17ClN2O3/c16-11-3-1-2-10(8-11)13(19)6-7-14(20)17-9-15(21)18-12-4-5-12/h1-3,8,12H,4-7,9H2,(H,17,20)(H,18,21). The molecule has 0 heterocycles. The molecule has 1 aliphatic carbocycles. The Morgan fingerprint density at radius 1 is 1.14 bits per heavy atom. The monoisotopic (exact) mass is 308 g/mol. The first kappa shape index (κ1) is 15.5. The van der Waals surface area contributed by atoms with Gasteiger partial charge in [-0.15, -0.1) is 0 Å². The maximum Gasteiger partial charge on any atom is 0.239 e. The van der Waals surface area contributed by atoms with E-state index in [0.717, 1.165) is 12.8 Å². The van der Waals surface area contributed by atoms with Crippen molar-refractivity contribution in [3.8, 4) is 0 Å². The summed E-state index contributed by atoms with van der Waals surface area (Å²) < 4.78 is 0. The predicted octanol–water partition coefficient (Wildman–Crippen LogP) is 1.70. The molecule has 5 nitrogen and oxygen atoms in total. The summed E-state index contributed by atoms with van der Waals surface area (Å²) in [6, 6.07) is 6.89. The maximum absolute atomic E-state index is 11.9. The van der Waals surface area contributed by atoms with Crippen LogP contribution in [0.3, 0.4) is 0 Å². The van der Waals surface area contributed by atoms with Gasteiger partial charge in [-0.2, -0.15) is 0 Å². The first-order valence-corrected chi connectivity index (χ1v) is 7.27. The fourth-order valence-corrected chi connectivity index (χ4v) is 2.00. The average molecular weight is 309 g/mol. The zero-order valence-electron chi connectivity index (χ0n) is 11.5. The number of benzene rings is 1. The molecule has 2 rings (SSSR count). The number of carbonyl (C=O) groups excluding carboxylic acids is 3. The number of hydrogen-bond acceptors (Lipinski definition) is 3. The second kappa shape index (κ2) is 7.22. The van der Waals surface area contributed by atoms with Crippen LogP contribution in [0.4, 0.5) is 0 Å². The first-order valence-electron chi connectivity index (χ1n) is 6.89. The molecule has 0 saturated heterocycles. The largest absolute Gasteiger partial charge is 0.352 e. The molecule has 6 heteroatoms. The van der Waals surface area contributed by atoms with E-state index in [-0.39, 0.29) is 43.0 Å². The van der Waals surface area contributed by atoms with Crippen molar-refractivity contribution < 1.29 is 14.4 Å². The van der Waals surface area contributed by atoms with E-state index in [1.807, 2.05) is 0 Å². The van der Waals surface area contributed by atoms with Gasteiger partial charge in [-0.3, -0.25) is 14.4 Å². The van der Waals surface area contributed by atoms with E-state index in [1.165, 1.54) is 0 Å². The lowest BCUT2D eigenvalue weighted by Gasteiger charge is -2.06. The Balaban J connectivity index is 1.68. The molecular formula is C15H17ClN2O3. The molecule has 0 aromatic heterocycles. The Labute approximate surface area is 128 Å². The smallest absolute Gasteiger partial charge is 0.239 e. The van der Waals surface area contributed by atoms with Crippen LogP contribution in [-0.2, 0) is 9.59 Å². The number of amides is 2. The minimum Gasteiger partial charge on any atom is -0.352 e. The number of Topliss-reactive ketones (excluding diaryl/α,β-unsaturated/α-hetero) is 1. The predicted molar refractivity (Wildman–Crippen MR) is 79.2 cm³/mol. The van der Waals surface area contributed by atoms with Gasteiger partial charge in [0.05, 0.1) is 6.54 Å². The Hall–Kier alpha value is -1.88. The molecule has 112 valence electrons. The summed E-state index contributed by atoms with van der Waals surface area (Å²) in [6.07, 6.45) is 2.17. The van der Waals surface area contributed by atoms with E-state index in [4.69, 9.17) is 11.6 Å². The second-order valence-corrected chi connectivity index (χ2v) is 5.49. The molecule has 0 radical (unpaired) electrons. The number of carbonyl (C=O) groups is 3. The van der Waals surface area contributed by atoms with Gasteiger partial charge in [0, 0.05) is 29.5 Å². The highest BCUT2D eigenvalue weighted by Crippen LogP contribution is 2.18. The van der Waals surface area contributed by atoms with E-state index in [9.17, 15) is 14.4 Å². The topological polar surface area (TPSA) is 75.3 Å². The van der Waals surface area contributed by atoms with Gasteiger partial charge in [-0.25, -0.2) is 0 Å². The lowest BCUT2D eigenvalue weighted by molar-refractivity contribution is -0.126.